The Morgan fingerprint density at radius 2 is 1.68 bits per heavy atom. The first-order valence-corrected chi connectivity index (χ1v) is 6.93. The second-order valence-electron chi connectivity index (χ2n) is 4.79. The van der Waals surface area contributed by atoms with E-state index in [9.17, 15) is 0 Å². The van der Waals surface area contributed by atoms with Crippen LogP contribution in [0.25, 0.3) is 0 Å². The molecule has 2 rings (SSSR count). The van der Waals surface area contributed by atoms with Crippen LogP contribution in [0.1, 0.15) is 30.4 Å². The molecule has 2 aromatic carbocycles. The lowest BCUT2D eigenvalue weighted by Crippen LogP contribution is -1.97. The van der Waals surface area contributed by atoms with Gasteiger partial charge in [-0.25, -0.2) is 0 Å². The highest BCUT2D eigenvalue weighted by atomic mass is 16.5. The van der Waals surface area contributed by atoms with Crippen LogP contribution < -0.4 is 4.74 Å². The van der Waals surface area contributed by atoms with Gasteiger partial charge in [-0.05, 0) is 55.9 Å². The van der Waals surface area contributed by atoms with E-state index in [1.807, 2.05) is 36.4 Å². The smallest absolute Gasteiger partial charge is 0.119 e. The quantitative estimate of drug-likeness (QED) is 0.652. The third-order valence-corrected chi connectivity index (χ3v) is 3.11. The van der Waals surface area contributed by atoms with Crippen LogP contribution in [0.5, 0.6) is 5.75 Å². The van der Waals surface area contributed by atoms with Crippen molar-refractivity contribution in [3.8, 4) is 5.75 Å². The van der Waals surface area contributed by atoms with Crippen LogP contribution in [0.2, 0.25) is 0 Å². The molecule has 1 nitrogen and oxygen atoms in total. The van der Waals surface area contributed by atoms with E-state index in [0.29, 0.717) is 0 Å². The van der Waals surface area contributed by atoms with Gasteiger partial charge in [0.25, 0.3) is 0 Å². The lowest BCUT2D eigenvalue weighted by molar-refractivity contribution is 0.305. The Bertz CT molecular complexity index is 476. The minimum Gasteiger partial charge on any atom is -0.494 e. The fraction of sp³-hybridized carbons (Fsp3) is 0.278. The summed E-state index contributed by atoms with van der Waals surface area (Å²) in [6.07, 6.45) is 4.66. The van der Waals surface area contributed by atoms with Gasteiger partial charge in [0.05, 0.1) is 6.61 Å². The molecule has 0 spiro atoms. The molecule has 19 heavy (non-hydrogen) atoms. The fourth-order valence-corrected chi connectivity index (χ4v) is 2.10. The Balaban J connectivity index is 1.58. The summed E-state index contributed by atoms with van der Waals surface area (Å²) in [4.78, 5) is 0. The first-order valence-electron chi connectivity index (χ1n) is 6.93. The van der Waals surface area contributed by atoms with Crippen molar-refractivity contribution in [3.05, 3.63) is 72.6 Å². The molecule has 0 N–H and O–H groups in total. The molecule has 0 heterocycles. The summed E-state index contributed by atoms with van der Waals surface area (Å²) in [5.41, 5.74) is 2.49. The molecule has 0 amide bonds. The van der Waals surface area contributed by atoms with Gasteiger partial charge in [0, 0.05) is 0 Å². The molecule has 1 radical (unpaired) electrons. The molecule has 0 bridgehead atoms. The van der Waals surface area contributed by atoms with E-state index >= 15 is 0 Å². The molecule has 0 aliphatic rings. The minimum atomic E-state index is 0.805. The highest BCUT2D eigenvalue weighted by Crippen LogP contribution is 2.11. The number of benzene rings is 2. The van der Waals surface area contributed by atoms with Gasteiger partial charge in [0.2, 0.25) is 0 Å². The molecule has 2 aromatic rings. The van der Waals surface area contributed by atoms with Crippen molar-refractivity contribution in [2.75, 3.05) is 6.61 Å². The highest BCUT2D eigenvalue weighted by molar-refractivity contribution is 5.25. The molecule has 99 valence electrons. The maximum absolute atomic E-state index is 5.67. The number of hydrogen-bond donors (Lipinski definition) is 0. The molecule has 0 saturated heterocycles. The van der Waals surface area contributed by atoms with Gasteiger partial charge in [-0.1, -0.05) is 42.5 Å². The summed E-state index contributed by atoms with van der Waals surface area (Å²) in [6.45, 7) is 4.76. The first-order chi connectivity index (χ1) is 9.34. The molecular formula is C18H21O. The second-order valence-corrected chi connectivity index (χ2v) is 4.79. The summed E-state index contributed by atoms with van der Waals surface area (Å²) in [5.74, 6) is 0.965. The summed E-state index contributed by atoms with van der Waals surface area (Å²) < 4.78 is 5.67. The third-order valence-electron chi connectivity index (χ3n) is 3.11. The molecule has 0 unspecified atom stereocenters. The molecule has 0 aromatic heterocycles. The predicted molar refractivity (Wildman–Crippen MR) is 80.4 cm³/mol. The van der Waals surface area contributed by atoms with E-state index in [0.717, 1.165) is 30.8 Å². The van der Waals surface area contributed by atoms with Crippen LogP contribution >= 0.6 is 0 Å². The summed E-state index contributed by atoms with van der Waals surface area (Å²) in [7, 11) is 0. The van der Waals surface area contributed by atoms with Gasteiger partial charge in [-0.2, -0.15) is 0 Å². The number of rotatable bonds is 7. The van der Waals surface area contributed by atoms with Crippen LogP contribution in [0, 0.1) is 6.92 Å². The topological polar surface area (TPSA) is 9.23 Å². The zero-order valence-electron chi connectivity index (χ0n) is 11.3. The molecule has 0 aliphatic carbocycles. The first kappa shape index (κ1) is 13.7. The lowest BCUT2D eigenvalue weighted by Gasteiger charge is -2.06. The van der Waals surface area contributed by atoms with E-state index in [4.69, 9.17) is 4.74 Å². The fourth-order valence-electron chi connectivity index (χ4n) is 2.10. The highest BCUT2D eigenvalue weighted by Gasteiger charge is 1.95. The van der Waals surface area contributed by atoms with Crippen molar-refractivity contribution in [1.29, 1.82) is 0 Å². The minimum absolute atomic E-state index is 0.805. The Morgan fingerprint density at radius 1 is 0.842 bits per heavy atom. The van der Waals surface area contributed by atoms with E-state index in [1.54, 1.807) is 0 Å². The Kier molecular flexibility index (Phi) is 5.49. The van der Waals surface area contributed by atoms with Gasteiger partial charge >= 0.3 is 0 Å². The summed E-state index contributed by atoms with van der Waals surface area (Å²) >= 11 is 0. The Morgan fingerprint density at radius 3 is 2.47 bits per heavy atom. The van der Waals surface area contributed by atoms with Crippen LogP contribution in [0.3, 0.4) is 0 Å². The average molecular weight is 253 g/mol. The third kappa shape index (κ3) is 5.17. The van der Waals surface area contributed by atoms with Crippen molar-refractivity contribution in [3.63, 3.8) is 0 Å². The van der Waals surface area contributed by atoms with Gasteiger partial charge in [-0.15, -0.1) is 0 Å². The molecule has 0 saturated carbocycles. The standard InChI is InChI=1S/C18H21O/c1-16-9-8-11-17(15-16)10-4-3-7-14-19-18-12-5-2-6-13-18/h2,5-6,8-9,11-13,15H,1,3-4,7,10,14H2. The van der Waals surface area contributed by atoms with Crippen LogP contribution in [-0.2, 0) is 6.42 Å². The lowest BCUT2D eigenvalue weighted by atomic mass is 10.1. The van der Waals surface area contributed by atoms with Gasteiger partial charge < -0.3 is 4.74 Å². The normalized spacial score (nSPS) is 10.4. The maximum Gasteiger partial charge on any atom is 0.119 e. The van der Waals surface area contributed by atoms with E-state index in [-0.39, 0.29) is 0 Å². The van der Waals surface area contributed by atoms with E-state index in [2.05, 4.69) is 25.1 Å². The van der Waals surface area contributed by atoms with Crippen LogP contribution in [-0.4, -0.2) is 6.61 Å². The largest absolute Gasteiger partial charge is 0.494 e. The average Bonchev–Trinajstić information content (AvgIpc) is 2.44. The number of unbranched alkanes of at least 4 members (excludes halogenated alkanes) is 2. The molecule has 1 heteroatoms. The predicted octanol–water partition coefficient (Wildman–Crippen LogP) is 4.66. The summed E-state index contributed by atoms with van der Waals surface area (Å²) in [5, 5.41) is 0. The molecular weight excluding hydrogens is 232 g/mol. The second kappa shape index (κ2) is 7.63. The number of ether oxygens (including phenoxy) is 1. The Hall–Kier alpha value is -1.76. The van der Waals surface area contributed by atoms with Crippen LogP contribution in [0.15, 0.2) is 54.6 Å². The number of para-hydroxylation sites is 1. The van der Waals surface area contributed by atoms with Crippen molar-refractivity contribution in [2.24, 2.45) is 0 Å². The van der Waals surface area contributed by atoms with Gasteiger partial charge in [0.1, 0.15) is 5.75 Å². The van der Waals surface area contributed by atoms with E-state index in [1.165, 1.54) is 18.4 Å². The monoisotopic (exact) mass is 253 g/mol. The van der Waals surface area contributed by atoms with Crippen molar-refractivity contribution in [2.45, 2.75) is 25.7 Å². The zero-order chi connectivity index (χ0) is 13.3. The summed E-state index contributed by atoms with van der Waals surface area (Å²) in [6, 6.07) is 18.5. The van der Waals surface area contributed by atoms with Crippen LogP contribution in [0.4, 0.5) is 0 Å². The van der Waals surface area contributed by atoms with Crippen molar-refractivity contribution >= 4 is 0 Å². The molecule has 0 fully saturated rings. The SMILES string of the molecule is [CH2]c1cccc(CCCCCOc2ccccc2)c1. The number of aryl methyl sites for hydroxylation is 1. The Labute approximate surface area is 116 Å². The molecule has 0 atom stereocenters. The van der Waals surface area contributed by atoms with Gasteiger partial charge in [0.15, 0.2) is 0 Å². The zero-order valence-corrected chi connectivity index (χ0v) is 11.3. The van der Waals surface area contributed by atoms with E-state index < -0.39 is 0 Å². The van der Waals surface area contributed by atoms with Gasteiger partial charge in [-0.3, -0.25) is 0 Å². The molecule has 0 aliphatic heterocycles. The maximum atomic E-state index is 5.67. The number of hydrogen-bond acceptors (Lipinski definition) is 1. The van der Waals surface area contributed by atoms with Crippen molar-refractivity contribution < 1.29 is 4.74 Å². The van der Waals surface area contributed by atoms with Crippen molar-refractivity contribution in [1.82, 2.24) is 0 Å².